The maximum atomic E-state index is 9.13. The van der Waals surface area contributed by atoms with Crippen LogP contribution < -0.4 is 0 Å². The highest BCUT2D eigenvalue weighted by Gasteiger charge is 1.93. The van der Waals surface area contributed by atoms with Gasteiger partial charge in [0.1, 0.15) is 11.9 Å². The highest BCUT2D eigenvalue weighted by molar-refractivity contribution is 5.83. The number of phenols is 1. The number of aliphatic hydroxyl groups is 3. The smallest absolute Gasteiger partial charge is 0.116 e. The van der Waals surface area contributed by atoms with Crippen molar-refractivity contribution in [3.05, 3.63) is 42.5 Å². The molecule has 2 aromatic rings. The monoisotopic (exact) mass is 236 g/mol. The van der Waals surface area contributed by atoms with E-state index in [1.807, 2.05) is 30.3 Å². The molecule has 0 aliphatic heterocycles. The third-order valence-electron chi connectivity index (χ3n) is 2.15. The number of rotatable bonds is 2. The van der Waals surface area contributed by atoms with Gasteiger partial charge in [-0.3, -0.25) is 0 Å². The maximum Gasteiger partial charge on any atom is 0.116 e. The van der Waals surface area contributed by atoms with Crippen LogP contribution in [0.3, 0.4) is 0 Å². The van der Waals surface area contributed by atoms with Gasteiger partial charge in [-0.15, -0.1) is 0 Å². The van der Waals surface area contributed by atoms with Crippen LogP contribution in [-0.2, 0) is 0 Å². The summed E-state index contributed by atoms with van der Waals surface area (Å²) < 4.78 is 0. The van der Waals surface area contributed by atoms with Crippen LogP contribution in [0.4, 0.5) is 0 Å². The molecule has 92 valence electrons. The predicted octanol–water partition coefficient (Wildman–Crippen LogP) is 0.877. The van der Waals surface area contributed by atoms with Crippen LogP contribution in [0.15, 0.2) is 42.5 Å². The molecule has 0 heterocycles. The lowest BCUT2D eigenvalue weighted by Gasteiger charge is -1.96. The molecule has 2 aromatic carbocycles. The molecule has 0 aromatic heterocycles. The molecule has 0 amide bonds. The maximum absolute atomic E-state index is 9.13. The SMILES string of the molecule is OCC(O)CO.Oc1ccc2ccccc2c1. The summed E-state index contributed by atoms with van der Waals surface area (Å²) in [5.41, 5.74) is 0. The Balaban J connectivity index is 0.000000209. The van der Waals surface area contributed by atoms with Crippen molar-refractivity contribution in [3.63, 3.8) is 0 Å². The fourth-order valence-electron chi connectivity index (χ4n) is 1.23. The standard InChI is InChI=1S/C10H8O.C3H8O3/c11-10-6-5-8-3-1-2-4-9(8)7-10;4-1-3(6)2-5/h1-7,11H;3-6H,1-2H2. The Labute approximate surface area is 99.4 Å². The first-order chi connectivity index (χ1) is 8.17. The third-order valence-corrected chi connectivity index (χ3v) is 2.15. The van der Waals surface area contributed by atoms with Crippen LogP contribution in [0.2, 0.25) is 0 Å². The van der Waals surface area contributed by atoms with E-state index in [1.54, 1.807) is 12.1 Å². The quantitative estimate of drug-likeness (QED) is 0.624. The van der Waals surface area contributed by atoms with Crippen LogP contribution in [0, 0.1) is 0 Å². The van der Waals surface area contributed by atoms with E-state index < -0.39 is 6.10 Å². The van der Waals surface area contributed by atoms with Gasteiger partial charge in [0, 0.05) is 0 Å². The van der Waals surface area contributed by atoms with E-state index in [0.717, 1.165) is 10.8 Å². The molecule has 0 saturated heterocycles. The van der Waals surface area contributed by atoms with E-state index >= 15 is 0 Å². The highest BCUT2D eigenvalue weighted by Crippen LogP contribution is 2.18. The topological polar surface area (TPSA) is 80.9 Å². The van der Waals surface area contributed by atoms with Crippen molar-refractivity contribution >= 4 is 10.8 Å². The lowest BCUT2D eigenvalue weighted by molar-refractivity contribution is 0.0450. The molecule has 0 radical (unpaired) electrons. The van der Waals surface area contributed by atoms with E-state index in [1.165, 1.54) is 0 Å². The highest BCUT2D eigenvalue weighted by atomic mass is 16.3. The molecule has 17 heavy (non-hydrogen) atoms. The van der Waals surface area contributed by atoms with Crippen molar-refractivity contribution in [2.24, 2.45) is 0 Å². The summed E-state index contributed by atoms with van der Waals surface area (Å²) >= 11 is 0. The van der Waals surface area contributed by atoms with E-state index in [-0.39, 0.29) is 13.2 Å². The van der Waals surface area contributed by atoms with Gasteiger partial charge in [-0.2, -0.15) is 0 Å². The first-order valence-electron chi connectivity index (χ1n) is 5.25. The number of hydrogen-bond donors (Lipinski definition) is 4. The van der Waals surface area contributed by atoms with Crippen molar-refractivity contribution < 1.29 is 20.4 Å². The summed E-state index contributed by atoms with van der Waals surface area (Å²) in [6.07, 6.45) is -0.954. The molecule has 0 spiro atoms. The zero-order valence-electron chi connectivity index (χ0n) is 9.32. The van der Waals surface area contributed by atoms with Crippen molar-refractivity contribution in [1.82, 2.24) is 0 Å². The second-order valence-corrected chi connectivity index (χ2v) is 3.55. The summed E-state index contributed by atoms with van der Waals surface area (Å²) in [4.78, 5) is 0. The number of hydrogen-bond acceptors (Lipinski definition) is 4. The molecule has 0 aliphatic carbocycles. The fourth-order valence-corrected chi connectivity index (χ4v) is 1.23. The summed E-state index contributed by atoms with van der Waals surface area (Å²) in [6, 6.07) is 13.3. The van der Waals surface area contributed by atoms with E-state index in [4.69, 9.17) is 20.4 Å². The van der Waals surface area contributed by atoms with Crippen molar-refractivity contribution in [2.45, 2.75) is 6.10 Å². The van der Waals surface area contributed by atoms with Crippen LogP contribution in [-0.4, -0.2) is 39.7 Å². The molecule has 0 aliphatic rings. The van der Waals surface area contributed by atoms with E-state index in [0.29, 0.717) is 5.75 Å². The molecular weight excluding hydrogens is 220 g/mol. The Morgan fingerprint density at radius 1 is 0.882 bits per heavy atom. The second kappa shape index (κ2) is 6.85. The Morgan fingerprint density at radius 3 is 2.00 bits per heavy atom. The van der Waals surface area contributed by atoms with Crippen LogP contribution in [0.25, 0.3) is 10.8 Å². The predicted molar refractivity (Wildman–Crippen MR) is 65.8 cm³/mol. The zero-order valence-corrected chi connectivity index (χ0v) is 9.32. The van der Waals surface area contributed by atoms with Gasteiger partial charge in [0.05, 0.1) is 13.2 Å². The van der Waals surface area contributed by atoms with Gasteiger partial charge in [0.25, 0.3) is 0 Å². The van der Waals surface area contributed by atoms with Crippen molar-refractivity contribution in [2.75, 3.05) is 13.2 Å². The number of fused-ring (bicyclic) bond motifs is 1. The first-order valence-corrected chi connectivity index (χ1v) is 5.25. The largest absolute Gasteiger partial charge is 0.508 e. The molecule has 0 bridgehead atoms. The van der Waals surface area contributed by atoms with Crippen molar-refractivity contribution in [1.29, 1.82) is 0 Å². The molecular formula is C13H16O4. The minimum absolute atomic E-state index is 0.323. The lowest BCUT2D eigenvalue weighted by Crippen LogP contribution is -2.15. The summed E-state index contributed by atoms with van der Waals surface area (Å²) in [5.74, 6) is 0.323. The molecule has 0 unspecified atom stereocenters. The number of benzene rings is 2. The van der Waals surface area contributed by atoms with Gasteiger partial charge in [-0.25, -0.2) is 0 Å². The van der Waals surface area contributed by atoms with Gasteiger partial charge >= 0.3 is 0 Å². The molecule has 4 N–H and O–H groups in total. The van der Waals surface area contributed by atoms with Gasteiger partial charge in [-0.05, 0) is 22.9 Å². The molecule has 4 heteroatoms. The zero-order chi connectivity index (χ0) is 12.7. The molecule has 0 fully saturated rings. The Kier molecular flexibility index (Phi) is 5.42. The lowest BCUT2D eigenvalue weighted by atomic mass is 10.1. The summed E-state index contributed by atoms with van der Waals surface area (Å²) in [6.45, 7) is -0.729. The molecule has 4 nitrogen and oxygen atoms in total. The minimum Gasteiger partial charge on any atom is -0.508 e. The average Bonchev–Trinajstić information content (AvgIpc) is 2.38. The van der Waals surface area contributed by atoms with Crippen LogP contribution in [0.1, 0.15) is 0 Å². The van der Waals surface area contributed by atoms with Gasteiger partial charge in [0.2, 0.25) is 0 Å². The van der Waals surface area contributed by atoms with E-state index in [2.05, 4.69) is 0 Å². The fraction of sp³-hybridized carbons (Fsp3) is 0.231. The second-order valence-electron chi connectivity index (χ2n) is 3.55. The van der Waals surface area contributed by atoms with Gasteiger partial charge in [-0.1, -0.05) is 30.3 Å². The Morgan fingerprint density at radius 2 is 1.47 bits per heavy atom. The van der Waals surface area contributed by atoms with Crippen LogP contribution in [0.5, 0.6) is 5.75 Å². The normalized spacial score (nSPS) is 10.1. The third kappa shape index (κ3) is 4.40. The van der Waals surface area contributed by atoms with E-state index in [9.17, 15) is 0 Å². The minimum atomic E-state index is -0.954. The van der Waals surface area contributed by atoms with Gasteiger partial charge in [0.15, 0.2) is 0 Å². The number of aliphatic hydroxyl groups excluding tert-OH is 3. The van der Waals surface area contributed by atoms with Crippen molar-refractivity contribution in [3.8, 4) is 5.75 Å². The summed E-state index contributed by atoms with van der Waals surface area (Å²) in [5, 5.41) is 35.4. The summed E-state index contributed by atoms with van der Waals surface area (Å²) in [7, 11) is 0. The number of phenolic OH excluding ortho intramolecular Hbond substituents is 1. The van der Waals surface area contributed by atoms with Crippen LogP contribution >= 0.6 is 0 Å². The first kappa shape index (κ1) is 13.4. The molecule has 0 atom stereocenters. The number of aromatic hydroxyl groups is 1. The Hall–Kier alpha value is -1.62. The van der Waals surface area contributed by atoms with Gasteiger partial charge < -0.3 is 20.4 Å². The average molecular weight is 236 g/mol. The molecule has 0 saturated carbocycles. The Bertz CT molecular complexity index is 452. The molecule has 2 rings (SSSR count).